The highest BCUT2D eigenvalue weighted by molar-refractivity contribution is 6.31. The molecule has 0 aliphatic heterocycles. The van der Waals surface area contributed by atoms with Crippen LogP contribution in [0.4, 0.5) is 10.1 Å². The Kier molecular flexibility index (Phi) is 9.13. The number of rotatable bonds is 10. The summed E-state index contributed by atoms with van der Waals surface area (Å²) in [6, 6.07) is 15.3. The number of hydrogen-bond acceptors (Lipinski definition) is 5. The summed E-state index contributed by atoms with van der Waals surface area (Å²) in [5, 5.41) is 3.23. The normalized spacial score (nSPS) is 11.1. The smallest absolute Gasteiger partial charge is 0.255 e. The maximum Gasteiger partial charge on any atom is 0.255 e. The zero-order valence-electron chi connectivity index (χ0n) is 21.3. The minimum atomic E-state index is -0.426. The predicted octanol–water partition coefficient (Wildman–Crippen LogP) is 5.38. The van der Waals surface area contributed by atoms with Gasteiger partial charge in [0, 0.05) is 34.9 Å². The van der Waals surface area contributed by atoms with Gasteiger partial charge in [0.25, 0.3) is 11.8 Å². The Morgan fingerprint density at radius 2 is 1.62 bits per heavy atom. The molecule has 3 rings (SSSR count). The van der Waals surface area contributed by atoms with Gasteiger partial charge in [-0.05, 0) is 78.2 Å². The largest absolute Gasteiger partial charge is 0.493 e. The van der Waals surface area contributed by atoms with Crippen LogP contribution in [-0.2, 0) is 6.54 Å². The minimum Gasteiger partial charge on any atom is -0.493 e. The number of benzene rings is 3. The first-order chi connectivity index (χ1) is 17.6. The molecule has 7 nitrogen and oxygen atoms in total. The summed E-state index contributed by atoms with van der Waals surface area (Å²) in [5.74, 6) is -0.101. The fourth-order valence-corrected chi connectivity index (χ4v) is 3.89. The van der Waals surface area contributed by atoms with Crippen LogP contribution in [0.3, 0.4) is 0 Å². The van der Waals surface area contributed by atoms with Crippen LogP contribution in [0.2, 0.25) is 5.02 Å². The fourth-order valence-electron chi connectivity index (χ4n) is 3.72. The van der Waals surface area contributed by atoms with Gasteiger partial charge in [-0.1, -0.05) is 25.4 Å². The van der Waals surface area contributed by atoms with Crippen LogP contribution in [0, 0.1) is 11.2 Å². The van der Waals surface area contributed by atoms with Crippen molar-refractivity contribution < 1.29 is 23.5 Å². The van der Waals surface area contributed by atoms with Gasteiger partial charge in [-0.2, -0.15) is 0 Å². The average molecular weight is 528 g/mol. The second-order valence-corrected chi connectivity index (χ2v) is 9.77. The first kappa shape index (κ1) is 28.0. The molecule has 0 radical (unpaired) electrons. The molecule has 3 N–H and O–H groups in total. The second kappa shape index (κ2) is 12.1. The molecule has 0 bridgehead atoms. The average Bonchev–Trinajstić information content (AvgIpc) is 2.89. The molecule has 3 aromatic carbocycles. The lowest BCUT2D eigenvalue weighted by Gasteiger charge is -2.32. The minimum absolute atomic E-state index is 0.176. The molecule has 0 unspecified atom stereocenters. The molecule has 0 spiro atoms. The van der Waals surface area contributed by atoms with E-state index in [2.05, 4.69) is 5.32 Å². The van der Waals surface area contributed by atoms with Crippen molar-refractivity contribution in [3.63, 3.8) is 0 Å². The van der Waals surface area contributed by atoms with Crippen LogP contribution in [0.1, 0.15) is 40.1 Å². The molecule has 0 saturated heterocycles. The molecular weight excluding hydrogens is 497 g/mol. The third-order valence-corrected chi connectivity index (χ3v) is 6.23. The zero-order chi connectivity index (χ0) is 27.2. The van der Waals surface area contributed by atoms with Gasteiger partial charge < -0.3 is 25.4 Å². The topological polar surface area (TPSA) is 93.9 Å². The van der Waals surface area contributed by atoms with Crippen molar-refractivity contribution in [1.82, 2.24) is 4.90 Å². The van der Waals surface area contributed by atoms with Gasteiger partial charge in [-0.15, -0.1) is 0 Å². The quantitative estimate of drug-likeness (QED) is 0.369. The van der Waals surface area contributed by atoms with Gasteiger partial charge in [0.05, 0.1) is 14.2 Å². The van der Waals surface area contributed by atoms with E-state index in [-0.39, 0.29) is 17.9 Å². The maximum absolute atomic E-state index is 13.6. The second-order valence-electron chi connectivity index (χ2n) is 9.37. The molecule has 0 aliphatic carbocycles. The Bertz CT molecular complexity index is 1260. The first-order valence-corrected chi connectivity index (χ1v) is 12.0. The number of carbonyl (C=O) groups is 2. The molecule has 0 saturated carbocycles. The van der Waals surface area contributed by atoms with Crippen LogP contribution < -0.4 is 20.5 Å². The van der Waals surface area contributed by atoms with Gasteiger partial charge in [0.15, 0.2) is 11.5 Å². The standard InChI is InChI=1S/C28H31ClFN3O4/c1-28(2,16-31)17-33(27(35)19-7-12-24(36-3)25(14-19)37-4)15-20-13-22(10-11-23(20)29)32-26(34)18-5-8-21(30)9-6-18/h5-14H,15-17,31H2,1-4H3,(H,32,34). The van der Waals surface area contributed by atoms with E-state index < -0.39 is 11.7 Å². The monoisotopic (exact) mass is 527 g/mol. The number of ether oxygens (including phenoxy) is 2. The van der Waals surface area contributed by atoms with Gasteiger partial charge in [0.2, 0.25) is 0 Å². The Balaban J connectivity index is 1.90. The zero-order valence-corrected chi connectivity index (χ0v) is 22.1. The summed E-state index contributed by atoms with van der Waals surface area (Å²) in [4.78, 5) is 27.9. The van der Waals surface area contributed by atoms with Crippen LogP contribution in [-0.4, -0.2) is 44.0 Å². The van der Waals surface area contributed by atoms with Crippen molar-refractivity contribution in [2.24, 2.45) is 11.1 Å². The van der Waals surface area contributed by atoms with E-state index in [4.69, 9.17) is 26.8 Å². The summed E-state index contributed by atoms with van der Waals surface area (Å²) in [6.45, 7) is 4.85. The molecule has 196 valence electrons. The highest BCUT2D eigenvalue weighted by Gasteiger charge is 2.26. The number of nitrogens with zero attached hydrogens (tertiary/aromatic N) is 1. The molecule has 3 aromatic rings. The van der Waals surface area contributed by atoms with E-state index in [0.717, 1.165) is 0 Å². The van der Waals surface area contributed by atoms with Crippen molar-refractivity contribution in [2.45, 2.75) is 20.4 Å². The molecular formula is C28H31ClFN3O4. The van der Waals surface area contributed by atoms with E-state index in [9.17, 15) is 14.0 Å². The van der Waals surface area contributed by atoms with Crippen molar-refractivity contribution in [2.75, 3.05) is 32.6 Å². The lowest BCUT2D eigenvalue weighted by molar-refractivity contribution is 0.0673. The fraction of sp³-hybridized carbons (Fsp3) is 0.286. The lowest BCUT2D eigenvalue weighted by atomic mass is 9.92. The van der Waals surface area contributed by atoms with Gasteiger partial charge in [0.1, 0.15) is 5.82 Å². The number of halogens is 2. The first-order valence-electron chi connectivity index (χ1n) is 11.6. The molecule has 0 aliphatic rings. The van der Waals surface area contributed by atoms with Crippen LogP contribution >= 0.6 is 11.6 Å². The third-order valence-electron chi connectivity index (χ3n) is 5.86. The van der Waals surface area contributed by atoms with E-state index >= 15 is 0 Å². The van der Waals surface area contributed by atoms with Crippen LogP contribution in [0.5, 0.6) is 11.5 Å². The Labute approximate surface area is 221 Å². The number of methoxy groups -OCH3 is 2. The molecule has 0 fully saturated rings. The summed E-state index contributed by atoms with van der Waals surface area (Å²) in [6.07, 6.45) is 0. The summed E-state index contributed by atoms with van der Waals surface area (Å²) in [5.41, 5.74) is 7.47. The molecule has 9 heteroatoms. The SMILES string of the molecule is COc1ccc(C(=O)N(Cc2cc(NC(=O)c3ccc(F)cc3)ccc2Cl)CC(C)(C)CN)cc1OC. The molecule has 37 heavy (non-hydrogen) atoms. The molecule has 0 aromatic heterocycles. The number of carbonyl (C=O) groups excluding carboxylic acids is 2. The van der Waals surface area contributed by atoms with Crippen LogP contribution in [0.15, 0.2) is 60.7 Å². The lowest BCUT2D eigenvalue weighted by Crippen LogP contribution is -2.41. The number of hydrogen-bond donors (Lipinski definition) is 2. The van der Waals surface area contributed by atoms with E-state index in [1.54, 1.807) is 41.3 Å². The van der Waals surface area contributed by atoms with E-state index in [0.29, 0.717) is 52.0 Å². The van der Waals surface area contributed by atoms with Gasteiger partial charge in [-0.25, -0.2) is 4.39 Å². The maximum atomic E-state index is 13.6. The molecule has 0 heterocycles. The Morgan fingerprint density at radius 1 is 0.973 bits per heavy atom. The van der Waals surface area contributed by atoms with Crippen molar-refractivity contribution in [3.8, 4) is 11.5 Å². The summed E-state index contributed by atoms with van der Waals surface area (Å²) >= 11 is 6.50. The number of amides is 2. The third kappa shape index (κ3) is 7.21. The van der Waals surface area contributed by atoms with Gasteiger partial charge >= 0.3 is 0 Å². The van der Waals surface area contributed by atoms with Crippen LogP contribution in [0.25, 0.3) is 0 Å². The highest BCUT2D eigenvalue weighted by Crippen LogP contribution is 2.30. The summed E-state index contributed by atoms with van der Waals surface area (Å²) < 4.78 is 23.9. The number of anilines is 1. The molecule has 0 atom stereocenters. The molecule has 2 amide bonds. The van der Waals surface area contributed by atoms with E-state index in [1.807, 2.05) is 13.8 Å². The van der Waals surface area contributed by atoms with Crippen molar-refractivity contribution in [1.29, 1.82) is 0 Å². The summed E-state index contributed by atoms with van der Waals surface area (Å²) in [7, 11) is 3.03. The van der Waals surface area contributed by atoms with E-state index in [1.165, 1.54) is 38.5 Å². The number of nitrogens with two attached hydrogens (primary N) is 1. The number of nitrogens with one attached hydrogen (secondary N) is 1. The highest BCUT2D eigenvalue weighted by atomic mass is 35.5. The Morgan fingerprint density at radius 3 is 2.24 bits per heavy atom. The van der Waals surface area contributed by atoms with Crippen molar-refractivity contribution in [3.05, 3.63) is 88.2 Å². The van der Waals surface area contributed by atoms with Crippen molar-refractivity contribution >= 4 is 29.1 Å². The Hall–Kier alpha value is -3.62. The van der Waals surface area contributed by atoms with Gasteiger partial charge in [-0.3, -0.25) is 9.59 Å². The predicted molar refractivity (Wildman–Crippen MR) is 143 cm³/mol.